The zero-order chi connectivity index (χ0) is 9.14. The summed E-state index contributed by atoms with van der Waals surface area (Å²) < 4.78 is 4.81. The number of rotatable bonds is 2. The highest BCUT2D eigenvalue weighted by Crippen LogP contribution is 2.22. The Labute approximate surface area is 74.5 Å². The molecule has 0 saturated carbocycles. The molecule has 0 atom stereocenters. The van der Waals surface area contributed by atoms with E-state index in [0.29, 0.717) is 5.75 Å². The molecule has 0 amide bonds. The topological polar surface area (TPSA) is 46.5 Å². The number of methoxy groups -OCH3 is 1. The van der Waals surface area contributed by atoms with Crippen LogP contribution in [0.2, 0.25) is 0 Å². The molecule has 12 heavy (non-hydrogen) atoms. The number of hydrogen-bond donors (Lipinski definition) is 1. The molecular weight excluding hydrogens is 180 g/mol. The number of hydrogen-bond acceptors (Lipinski definition) is 3. The molecule has 0 radical (unpaired) electrons. The molecule has 4 heteroatoms. The maximum atomic E-state index is 10.7. The molecule has 0 saturated heterocycles. The van der Waals surface area contributed by atoms with E-state index in [9.17, 15) is 4.79 Å². The van der Waals surface area contributed by atoms with Crippen molar-refractivity contribution in [3.8, 4) is 11.5 Å². The number of phenols is 1. The fourth-order valence-corrected chi connectivity index (χ4v) is 0.924. The molecule has 0 heterocycles. The van der Waals surface area contributed by atoms with Gasteiger partial charge in [0.15, 0.2) is 0 Å². The standard InChI is InChI=1S/C8H7ClO3/c1-12-7-3-5(8(9)11)2-6(10)4-7/h2-4,10H,1H3. The molecule has 0 bridgehead atoms. The summed E-state index contributed by atoms with van der Waals surface area (Å²) in [6, 6.07) is 4.12. The van der Waals surface area contributed by atoms with Gasteiger partial charge in [0.2, 0.25) is 0 Å². The van der Waals surface area contributed by atoms with Gasteiger partial charge < -0.3 is 9.84 Å². The van der Waals surface area contributed by atoms with Crippen LogP contribution in [-0.4, -0.2) is 17.5 Å². The highest BCUT2D eigenvalue weighted by atomic mass is 35.5. The Morgan fingerprint density at radius 1 is 1.50 bits per heavy atom. The van der Waals surface area contributed by atoms with Crippen molar-refractivity contribution in [1.82, 2.24) is 0 Å². The van der Waals surface area contributed by atoms with E-state index >= 15 is 0 Å². The van der Waals surface area contributed by atoms with Crippen LogP contribution < -0.4 is 4.74 Å². The maximum absolute atomic E-state index is 10.7. The molecule has 1 aromatic rings. The van der Waals surface area contributed by atoms with Gasteiger partial charge in [-0.15, -0.1) is 0 Å². The highest BCUT2D eigenvalue weighted by molar-refractivity contribution is 6.67. The summed E-state index contributed by atoms with van der Waals surface area (Å²) in [5.74, 6) is 0.359. The van der Waals surface area contributed by atoms with Gasteiger partial charge in [-0.05, 0) is 23.7 Å². The van der Waals surface area contributed by atoms with Crippen LogP contribution in [0, 0.1) is 0 Å². The number of halogens is 1. The van der Waals surface area contributed by atoms with Gasteiger partial charge in [0.1, 0.15) is 11.5 Å². The quantitative estimate of drug-likeness (QED) is 0.717. The molecule has 0 aromatic heterocycles. The lowest BCUT2D eigenvalue weighted by molar-refractivity contribution is 0.108. The van der Waals surface area contributed by atoms with Crippen LogP contribution >= 0.6 is 11.6 Å². The van der Waals surface area contributed by atoms with Crippen molar-refractivity contribution < 1.29 is 14.6 Å². The fraction of sp³-hybridized carbons (Fsp3) is 0.125. The van der Waals surface area contributed by atoms with E-state index in [1.165, 1.54) is 25.3 Å². The van der Waals surface area contributed by atoms with Crippen molar-refractivity contribution in [3.05, 3.63) is 23.8 Å². The SMILES string of the molecule is COc1cc(O)cc(C(=O)Cl)c1. The zero-order valence-corrected chi connectivity index (χ0v) is 7.13. The van der Waals surface area contributed by atoms with Crippen molar-refractivity contribution in [2.24, 2.45) is 0 Å². The van der Waals surface area contributed by atoms with Crippen LogP contribution in [0.1, 0.15) is 10.4 Å². The van der Waals surface area contributed by atoms with Crippen molar-refractivity contribution in [3.63, 3.8) is 0 Å². The first-order chi connectivity index (χ1) is 5.63. The lowest BCUT2D eigenvalue weighted by Crippen LogP contribution is -1.90. The Bertz CT molecular complexity index is 309. The smallest absolute Gasteiger partial charge is 0.252 e. The van der Waals surface area contributed by atoms with Gasteiger partial charge >= 0.3 is 0 Å². The first-order valence-corrected chi connectivity index (χ1v) is 3.59. The molecule has 3 nitrogen and oxygen atoms in total. The lowest BCUT2D eigenvalue weighted by atomic mass is 10.2. The molecule has 0 aliphatic rings. The zero-order valence-electron chi connectivity index (χ0n) is 6.37. The van der Waals surface area contributed by atoms with Gasteiger partial charge in [-0.25, -0.2) is 0 Å². The maximum Gasteiger partial charge on any atom is 0.252 e. The van der Waals surface area contributed by atoms with Crippen LogP contribution in [0.15, 0.2) is 18.2 Å². The third kappa shape index (κ3) is 1.89. The van der Waals surface area contributed by atoms with E-state index in [-0.39, 0.29) is 11.3 Å². The predicted octanol–water partition coefficient (Wildman–Crippen LogP) is 1.78. The molecule has 0 unspecified atom stereocenters. The van der Waals surface area contributed by atoms with Gasteiger partial charge in [-0.2, -0.15) is 0 Å². The summed E-state index contributed by atoms with van der Waals surface area (Å²) in [5.41, 5.74) is 0.216. The minimum absolute atomic E-state index is 0.0432. The van der Waals surface area contributed by atoms with Crippen LogP contribution in [0.5, 0.6) is 11.5 Å². The Morgan fingerprint density at radius 3 is 2.67 bits per heavy atom. The number of carbonyl (C=O) groups excluding carboxylic acids is 1. The summed E-state index contributed by atoms with van der Waals surface area (Å²) in [6.45, 7) is 0. The van der Waals surface area contributed by atoms with Crippen LogP contribution in [-0.2, 0) is 0 Å². The highest BCUT2D eigenvalue weighted by Gasteiger charge is 2.05. The van der Waals surface area contributed by atoms with E-state index in [1.54, 1.807) is 0 Å². The van der Waals surface area contributed by atoms with Crippen molar-refractivity contribution >= 4 is 16.8 Å². The minimum Gasteiger partial charge on any atom is -0.508 e. The van der Waals surface area contributed by atoms with E-state index in [2.05, 4.69) is 0 Å². The van der Waals surface area contributed by atoms with Gasteiger partial charge in [-0.1, -0.05) is 0 Å². The van der Waals surface area contributed by atoms with E-state index in [4.69, 9.17) is 21.4 Å². The van der Waals surface area contributed by atoms with Crippen LogP contribution in [0.3, 0.4) is 0 Å². The Balaban J connectivity index is 3.15. The number of benzene rings is 1. The van der Waals surface area contributed by atoms with Crippen molar-refractivity contribution in [2.75, 3.05) is 7.11 Å². The minimum atomic E-state index is -0.621. The third-order valence-corrected chi connectivity index (χ3v) is 1.57. The molecule has 0 spiro atoms. The summed E-state index contributed by atoms with van der Waals surface area (Å²) in [6.07, 6.45) is 0. The van der Waals surface area contributed by atoms with Gasteiger partial charge in [-0.3, -0.25) is 4.79 Å². The van der Waals surface area contributed by atoms with E-state index in [1.807, 2.05) is 0 Å². The molecule has 0 aliphatic carbocycles. The third-order valence-electron chi connectivity index (χ3n) is 1.35. The largest absolute Gasteiger partial charge is 0.508 e. The van der Waals surface area contributed by atoms with Gasteiger partial charge in [0.05, 0.1) is 7.11 Å². The first kappa shape index (κ1) is 8.87. The Hall–Kier alpha value is -1.22. The normalized spacial score (nSPS) is 9.50. The molecule has 1 aromatic carbocycles. The Morgan fingerprint density at radius 2 is 2.17 bits per heavy atom. The van der Waals surface area contributed by atoms with Crippen LogP contribution in [0.25, 0.3) is 0 Å². The Kier molecular flexibility index (Phi) is 2.55. The molecular formula is C8H7ClO3. The second-order valence-electron chi connectivity index (χ2n) is 2.19. The van der Waals surface area contributed by atoms with Crippen molar-refractivity contribution in [1.29, 1.82) is 0 Å². The van der Waals surface area contributed by atoms with Crippen molar-refractivity contribution in [2.45, 2.75) is 0 Å². The molecule has 1 N–H and O–H groups in total. The average molecular weight is 187 g/mol. The second kappa shape index (κ2) is 3.45. The summed E-state index contributed by atoms with van der Waals surface area (Å²) in [5, 5.41) is 8.46. The second-order valence-corrected chi connectivity index (χ2v) is 2.54. The predicted molar refractivity (Wildman–Crippen MR) is 44.8 cm³/mol. The molecule has 0 aliphatic heterocycles. The average Bonchev–Trinajstić information content (AvgIpc) is 2.03. The molecule has 0 fully saturated rings. The van der Waals surface area contributed by atoms with Gasteiger partial charge in [0.25, 0.3) is 5.24 Å². The first-order valence-electron chi connectivity index (χ1n) is 3.21. The number of phenolic OH excluding ortho intramolecular Hbond substituents is 1. The summed E-state index contributed by atoms with van der Waals surface area (Å²) >= 11 is 5.20. The summed E-state index contributed by atoms with van der Waals surface area (Å²) in [4.78, 5) is 10.7. The number of aromatic hydroxyl groups is 1. The summed E-state index contributed by atoms with van der Waals surface area (Å²) in [7, 11) is 1.44. The monoisotopic (exact) mass is 186 g/mol. The molecule has 1 rings (SSSR count). The van der Waals surface area contributed by atoms with E-state index < -0.39 is 5.24 Å². The number of ether oxygens (including phenoxy) is 1. The lowest BCUT2D eigenvalue weighted by Gasteiger charge is -2.01. The van der Waals surface area contributed by atoms with Crippen LogP contribution in [0.4, 0.5) is 0 Å². The fourth-order valence-electron chi connectivity index (χ4n) is 0.815. The number of carbonyl (C=O) groups is 1. The molecule has 64 valence electrons. The van der Waals surface area contributed by atoms with Gasteiger partial charge in [0, 0.05) is 11.6 Å². The van der Waals surface area contributed by atoms with E-state index in [0.717, 1.165) is 0 Å².